The van der Waals surface area contributed by atoms with Crippen LogP contribution in [-0.4, -0.2) is 37.2 Å². The highest BCUT2D eigenvalue weighted by Gasteiger charge is 2.30. The first-order valence-electron chi connectivity index (χ1n) is 12.5. The van der Waals surface area contributed by atoms with Gasteiger partial charge in [-0.05, 0) is 34.7 Å². The number of hydrogen-bond donors (Lipinski definition) is 2. The van der Waals surface area contributed by atoms with Crippen molar-refractivity contribution in [3.63, 3.8) is 0 Å². The van der Waals surface area contributed by atoms with Gasteiger partial charge < -0.3 is 24.8 Å². The van der Waals surface area contributed by atoms with Crippen molar-refractivity contribution in [2.45, 2.75) is 45.6 Å². The molecule has 0 unspecified atom stereocenters. The van der Waals surface area contributed by atoms with Crippen molar-refractivity contribution in [1.29, 1.82) is 0 Å². The van der Waals surface area contributed by atoms with Crippen molar-refractivity contribution in [2.75, 3.05) is 7.11 Å². The van der Waals surface area contributed by atoms with Crippen LogP contribution in [0.4, 0.5) is 4.79 Å². The number of methoxy groups -OCH3 is 1. The highest BCUT2D eigenvalue weighted by atomic mass is 16.5. The van der Waals surface area contributed by atoms with Gasteiger partial charge in [0, 0.05) is 6.42 Å². The van der Waals surface area contributed by atoms with Crippen molar-refractivity contribution >= 4 is 18.0 Å². The van der Waals surface area contributed by atoms with E-state index in [9.17, 15) is 14.4 Å². The van der Waals surface area contributed by atoms with Gasteiger partial charge in [0.15, 0.2) is 0 Å². The van der Waals surface area contributed by atoms with Gasteiger partial charge in [-0.25, -0.2) is 9.59 Å². The second-order valence-electron chi connectivity index (χ2n) is 9.13. The number of amides is 2. The molecular formula is C30H34N2O6. The number of alkyl carbamates (subject to hydrolysis) is 1. The zero-order valence-corrected chi connectivity index (χ0v) is 21.9. The molecule has 0 radical (unpaired) electrons. The second-order valence-corrected chi connectivity index (χ2v) is 9.13. The molecule has 200 valence electrons. The fourth-order valence-electron chi connectivity index (χ4n) is 3.71. The van der Waals surface area contributed by atoms with Gasteiger partial charge >= 0.3 is 12.1 Å². The molecule has 0 aliphatic rings. The Labute approximate surface area is 223 Å². The summed E-state index contributed by atoms with van der Waals surface area (Å²) in [4.78, 5) is 38.8. The van der Waals surface area contributed by atoms with E-state index >= 15 is 0 Å². The lowest BCUT2D eigenvalue weighted by Crippen LogP contribution is -2.54. The minimum Gasteiger partial charge on any atom is -0.497 e. The predicted molar refractivity (Wildman–Crippen MR) is 143 cm³/mol. The third-order valence-corrected chi connectivity index (χ3v) is 5.86. The molecule has 38 heavy (non-hydrogen) atoms. The fourth-order valence-corrected chi connectivity index (χ4v) is 3.71. The van der Waals surface area contributed by atoms with E-state index in [4.69, 9.17) is 14.2 Å². The van der Waals surface area contributed by atoms with Crippen LogP contribution >= 0.6 is 0 Å². The lowest BCUT2D eigenvalue weighted by molar-refractivity contribution is -0.149. The zero-order valence-electron chi connectivity index (χ0n) is 21.9. The summed E-state index contributed by atoms with van der Waals surface area (Å²) in [5.74, 6) is -0.667. The Bertz CT molecular complexity index is 1170. The highest BCUT2D eigenvalue weighted by Crippen LogP contribution is 2.14. The first kappa shape index (κ1) is 28.2. The minimum absolute atomic E-state index is 0.0744. The topological polar surface area (TPSA) is 103 Å². The van der Waals surface area contributed by atoms with Gasteiger partial charge in [0.1, 0.15) is 31.0 Å². The van der Waals surface area contributed by atoms with Crippen LogP contribution in [0.2, 0.25) is 0 Å². The Kier molecular flexibility index (Phi) is 10.7. The maximum Gasteiger partial charge on any atom is 0.408 e. The fraction of sp³-hybridized carbons (Fsp3) is 0.300. The van der Waals surface area contributed by atoms with E-state index in [1.165, 1.54) is 0 Å². The summed E-state index contributed by atoms with van der Waals surface area (Å²) >= 11 is 0. The standard InChI is InChI=1S/C30H34N2O6/c1-21(2)27(32-30(35)38-20-24-12-8-5-9-13-24)28(33)31-26(18-22-14-16-25(36-3)17-15-22)29(34)37-19-23-10-6-4-7-11-23/h4-17,21,26-27H,18-20H2,1-3H3,(H,31,33)(H,32,35)/t26-,27-/m0/s1. The maximum atomic E-state index is 13.3. The molecule has 3 aromatic carbocycles. The van der Waals surface area contributed by atoms with Gasteiger partial charge in [-0.3, -0.25) is 4.79 Å². The van der Waals surface area contributed by atoms with Gasteiger partial charge in [0.2, 0.25) is 5.91 Å². The molecule has 0 aliphatic carbocycles. The molecule has 0 spiro atoms. The first-order valence-corrected chi connectivity index (χ1v) is 12.5. The SMILES string of the molecule is COc1ccc(C[C@H](NC(=O)[C@@H](NC(=O)OCc2ccccc2)C(C)C)C(=O)OCc2ccccc2)cc1. The van der Waals surface area contributed by atoms with Crippen molar-refractivity contribution in [3.05, 3.63) is 102 Å². The van der Waals surface area contributed by atoms with E-state index in [1.807, 2.05) is 72.8 Å². The Balaban J connectivity index is 1.67. The van der Waals surface area contributed by atoms with Crippen molar-refractivity contribution < 1.29 is 28.6 Å². The Morgan fingerprint density at radius 3 is 1.79 bits per heavy atom. The monoisotopic (exact) mass is 518 g/mol. The minimum atomic E-state index is -0.969. The van der Waals surface area contributed by atoms with Gasteiger partial charge in [-0.1, -0.05) is 86.6 Å². The van der Waals surface area contributed by atoms with Crippen LogP contribution in [0.15, 0.2) is 84.9 Å². The lowest BCUT2D eigenvalue weighted by Gasteiger charge is -2.25. The molecule has 3 rings (SSSR count). The van der Waals surface area contributed by atoms with Crippen molar-refractivity contribution in [1.82, 2.24) is 10.6 Å². The number of hydrogen-bond acceptors (Lipinski definition) is 6. The van der Waals surface area contributed by atoms with Crippen LogP contribution in [0.1, 0.15) is 30.5 Å². The average molecular weight is 519 g/mol. The summed E-state index contributed by atoms with van der Waals surface area (Å²) < 4.78 is 16.0. The summed E-state index contributed by atoms with van der Waals surface area (Å²) in [7, 11) is 1.57. The van der Waals surface area contributed by atoms with Gasteiger partial charge in [-0.2, -0.15) is 0 Å². The van der Waals surface area contributed by atoms with Crippen LogP contribution in [0, 0.1) is 5.92 Å². The smallest absolute Gasteiger partial charge is 0.408 e. The molecule has 0 heterocycles. The number of esters is 1. The molecule has 0 saturated carbocycles. The lowest BCUT2D eigenvalue weighted by atomic mass is 10.0. The largest absolute Gasteiger partial charge is 0.497 e. The number of nitrogens with one attached hydrogen (secondary N) is 2. The van der Waals surface area contributed by atoms with E-state index in [0.29, 0.717) is 5.75 Å². The summed E-state index contributed by atoms with van der Waals surface area (Å²) in [6.07, 6.45) is -0.520. The van der Waals surface area contributed by atoms with E-state index in [-0.39, 0.29) is 25.6 Å². The van der Waals surface area contributed by atoms with E-state index in [2.05, 4.69) is 10.6 Å². The normalized spacial score (nSPS) is 12.2. The van der Waals surface area contributed by atoms with Crippen LogP contribution < -0.4 is 15.4 Å². The third kappa shape index (κ3) is 8.96. The molecule has 0 saturated heterocycles. The van der Waals surface area contributed by atoms with Crippen LogP contribution in [0.5, 0.6) is 5.75 Å². The predicted octanol–water partition coefficient (Wildman–Crippen LogP) is 4.42. The van der Waals surface area contributed by atoms with Crippen LogP contribution in [0.25, 0.3) is 0 Å². The number of rotatable bonds is 12. The molecule has 2 atom stereocenters. The zero-order chi connectivity index (χ0) is 27.3. The van der Waals surface area contributed by atoms with Crippen molar-refractivity contribution in [3.8, 4) is 5.75 Å². The summed E-state index contributed by atoms with van der Waals surface area (Å²) in [6.45, 7) is 3.75. The Morgan fingerprint density at radius 2 is 1.26 bits per heavy atom. The molecule has 0 aliphatic heterocycles. The van der Waals surface area contributed by atoms with Crippen molar-refractivity contribution in [2.24, 2.45) is 5.92 Å². The maximum absolute atomic E-state index is 13.3. The molecule has 8 heteroatoms. The van der Waals surface area contributed by atoms with Crippen LogP contribution in [-0.2, 0) is 38.7 Å². The van der Waals surface area contributed by atoms with Gasteiger partial charge in [0.25, 0.3) is 0 Å². The molecule has 0 aromatic heterocycles. The van der Waals surface area contributed by atoms with Crippen LogP contribution in [0.3, 0.4) is 0 Å². The molecule has 0 fully saturated rings. The van der Waals surface area contributed by atoms with E-state index in [1.54, 1.807) is 33.1 Å². The first-order chi connectivity index (χ1) is 18.4. The second kappa shape index (κ2) is 14.4. The van der Waals surface area contributed by atoms with E-state index in [0.717, 1.165) is 16.7 Å². The Morgan fingerprint density at radius 1 is 0.711 bits per heavy atom. The van der Waals surface area contributed by atoms with Gasteiger partial charge in [0.05, 0.1) is 7.11 Å². The summed E-state index contributed by atoms with van der Waals surface area (Å²) in [5.41, 5.74) is 2.47. The molecule has 3 aromatic rings. The molecule has 2 N–H and O–H groups in total. The molecule has 2 amide bonds. The number of benzene rings is 3. The molecule has 8 nitrogen and oxygen atoms in total. The number of ether oxygens (including phenoxy) is 3. The molecular weight excluding hydrogens is 484 g/mol. The third-order valence-electron chi connectivity index (χ3n) is 5.86. The highest BCUT2D eigenvalue weighted by molar-refractivity contribution is 5.90. The number of carbonyl (C=O) groups is 3. The Hall–Kier alpha value is -4.33. The quantitative estimate of drug-likeness (QED) is 0.344. The van der Waals surface area contributed by atoms with Gasteiger partial charge in [-0.15, -0.1) is 0 Å². The number of carbonyl (C=O) groups excluding carboxylic acids is 3. The average Bonchev–Trinajstić information content (AvgIpc) is 2.94. The summed E-state index contributed by atoms with van der Waals surface area (Å²) in [6, 6.07) is 23.9. The van der Waals surface area contributed by atoms with E-state index < -0.39 is 30.1 Å². The summed E-state index contributed by atoms with van der Waals surface area (Å²) in [5, 5.41) is 5.40. The molecule has 0 bridgehead atoms.